The third-order valence-electron chi connectivity index (χ3n) is 2.01. The van der Waals surface area contributed by atoms with Gasteiger partial charge in [-0.3, -0.25) is 9.59 Å². The van der Waals surface area contributed by atoms with Crippen LogP contribution in [0.25, 0.3) is 0 Å². The van der Waals surface area contributed by atoms with Gasteiger partial charge in [0.1, 0.15) is 5.75 Å². The van der Waals surface area contributed by atoms with Crippen molar-refractivity contribution in [3.8, 4) is 5.75 Å². The highest BCUT2D eigenvalue weighted by Gasteiger charge is 2.31. The lowest BCUT2D eigenvalue weighted by Gasteiger charge is -2.12. The molecule has 0 aromatic heterocycles. The van der Waals surface area contributed by atoms with Crippen molar-refractivity contribution in [1.82, 2.24) is 0 Å². The summed E-state index contributed by atoms with van der Waals surface area (Å²) in [5.74, 6) is -2.11. The van der Waals surface area contributed by atoms with Crippen LogP contribution in [0.3, 0.4) is 0 Å². The van der Waals surface area contributed by atoms with Gasteiger partial charge in [-0.2, -0.15) is 0 Å². The van der Waals surface area contributed by atoms with Crippen LogP contribution < -0.4 is 10.1 Å². The molecular weight excluding hydrogens is 347 g/mol. The first-order chi connectivity index (χ1) is 9.17. The number of ether oxygens (including phenoxy) is 1. The average molecular weight is 356 g/mol. The molecule has 0 heterocycles. The minimum Gasteiger partial charge on any atom is -0.481 e. The zero-order chi connectivity index (χ0) is 15.3. The first-order valence-corrected chi connectivity index (χ1v) is 6.03. The summed E-state index contributed by atoms with van der Waals surface area (Å²) < 4.78 is 39.9. The second kappa shape index (κ2) is 6.60. The summed E-state index contributed by atoms with van der Waals surface area (Å²) >= 11 is 2.88. The highest BCUT2D eigenvalue weighted by molar-refractivity contribution is 9.10. The van der Waals surface area contributed by atoms with Crippen LogP contribution in [0, 0.1) is 0 Å². The van der Waals surface area contributed by atoms with E-state index in [4.69, 9.17) is 5.11 Å². The molecule has 2 N–H and O–H groups in total. The molecule has 0 saturated carbocycles. The lowest BCUT2D eigenvalue weighted by molar-refractivity contribution is -0.274. The molecule has 0 fully saturated rings. The van der Waals surface area contributed by atoms with E-state index < -0.39 is 24.0 Å². The van der Waals surface area contributed by atoms with Crippen LogP contribution in [-0.4, -0.2) is 23.3 Å². The molecule has 1 amide bonds. The minimum absolute atomic E-state index is 0.00543. The summed E-state index contributed by atoms with van der Waals surface area (Å²) in [6, 6.07) is 3.47. The number of halogens is 4. The third kappa shape index (κ3) is 5.91. The smallest absolute Gasteiger partial charge is 0.481 e. The quantitative estimate of drug-likeness (QED) is 0.850. The Bertz CT molecular complexity index is 519. The summed E-state index contributed by atoms with van der Waals surface area (Å²) in [7, 11) is 0. The van der Waals surface area contributed by atoms with Crippen molar-refractivity contribution in [3.63, 3.8) is 0 Å². The first kappa shape index (κ1) is 16.3. The van der Waals surface area contributed by atoms with Crippen molar-refractivity contribution >= 4 is 33.5 Å². The second-order valence-electron chi connectivity index (χ2n) is 3.63. The predicted octanol–water partition coefficient (Wildman–Crippen LogP) is 3.15. The molecule has 0 radical (unpaired) electrons. The normalized spacial score (nSPS) is 11.0. The van der Waals surface area contributed by atoms with Crippen LogP contribution in [0.1, 0.15) is 12.8 Å². The number of hydrogen-bond acceptors (Lipinski definition) is 3. The number of anilines is 1. The maximum Gasteiger partial charge on any atom is 0.573 e. The van der Waals surface area contributed by atoms with Crippen molar-refractivity contribution < 1.29 is 32.6 Å². The number of carbonyl (C=O) groups excluding carboxylic acids is 1. The van der Waals surface area contributed by atoms with Gasteiger partial charge in [0.2, 0.25) is 5.91 Å². The van der Waals surface area contributed by atoms with E-state index in [2.05, 4.69) is 26.0 Å². The van der Waals surface area contributed by atoms with Crippen molar-refractivity contribution in [2.24, 2.45) is 0 Å². The number of carboxylic acid groups (broad SMARTS) is 1. The van der Waals surface area contributed by atoms with E-state index >= 15 is 0 Å². The monoisotopic (exact) mass is 355 g/mol. The van der Waals surface area contributed by atoms with Crippen LogP contribution in [0.15, 0.2) is 22.7 Å². The third-order valence-corrected chi connectivity index (χ3v) is 2.63. The topological polar surface area (TPSA) is 75.6 Å². The van der Waals surface area contributed by atoms with Crippen molar-refractivity contribution in [2.75, 3.05) is 5.32 Å². The molecule has 5 nitrogen and oxygen atoms in total. The highest BCUT2D eigenvalue weighted by Crippen LogP contribution is 2.32. The number of benzene rings is 1. The van der Waals surface area contributed by atoms with Gasteiger partial charge < -0.3 is 15.2 Å². The van der Waals surface area contributed by atoms with Gasteiger partial charge in [-0.25, -0.2) is 0 Å². The van der Waals surface area contributed by atoms with Gasteiger partial charge in [0.15, 0.2) is 0 Å². The average Bonchev–Trinajstić information content (AvgIpc) is 2.28. The second-order valence-corrected chi connectivity index (χ2v) is 4.49. The SMILES string of the molecule is O=C(O)CCC(=O)Nc1ccc(OC(F)(F)F)c(Br)c1. The number of nitrogens with one attached hydrogen (secondary N) is 1. The molecule has 0 saturated heterocycles. The van der Waals surface area contributed by atoms with E-state index in [9.17, 15) is 22.8 Å². The summed E-state index contributed by atoms with van der Waals surface area (Å²) in [6.45, 7) is 0. The van der Waals surface area contributed by atoms with Crippen molar-refractivity contribution in [2.45, 2.75) is 19.2 Å². The van der Waals surface area contributed by atoms with Crippen LogP contribution in [0.2, 0.25) is 0 Å². The largest absolute Gasteiger partial charge is 0.573 e. The first-order valence-electron chi connectivity index (χ1n) is 5.24. The summed E-state index contributed by atoms with van der Waals surface area (Å²) in [5.41, 5.74) is 0.224. The molecule has 0 aliphatic heterocycles. The molecule has 1 rings (SSSR count). The molecule has 110 valence electrons. The van der Waals surface area contributed by atoms with E-state index in [1.807, 2.05) is 0 Å². The number of carboxylic acids is 1. The predicted molar refractivity (Wildman–Crippen MR) is 66.3 cm³/mol. The highest BCUT2D eigenvalue weighted by atomic mass is 79.9. The summed E-state index contributed by atoms with van der Waals surface area (Å²) in [6.07, 6.45) is -5.37. The number of alkyl halides is 3. The van der Waals surface area contributed by atoms with Gasteiger partial charge in [-0.1, -0.05) is 0 Å². The van der Waals surface area contributed by atoms with Gasteiger partial charge >= 0.3 is 12.3 Å². The number of rotatable bonds is 5. The Balaban J connectivity index is 2.68. The van der Waals surface area contributed by atoms with Gasteiger partial charge in [0.05, 0.1) is 10.9 Å². The van der Waals surface area contributed by atoms with E-state index in [0.717, 1.165) is 6.07 Å². The molecule has 20 heavy (non-hydrogen) atoms. The Morgan fingerprint density at radius 1 is 1.30 bits per heavy atom. The lowest BCUT2D eigenvalue weighted by atomic mass is 10.2. The fourth-order valence-corrected chi connectivity index (χ4v) is 1.69. The Morgan fingerprint density at radius 3 is 2.45 bits per heavy atom. The van der Waals surface area contributed by atoms with Gasteiger partial charge in [-0.15, -0.1) is 13.2 Å². The zero-order valence-electron chi connectivity index (χ0n) is 9.83. The van der Waals surface area contributed by atoms with Crippen LogP contribution in [0.4, 0.5) is 18.9 Å². The number of aliphatic carboxylic acids is 1. The minimum atomic E-state index is -4.81. The molecule has 0 atom stereocenters. The molecule has 0 bridgehead atoms. The molecule has 0 aliphatic rings. The fourth-order valence-electron chi connectivity index (χ4n) is 1.23. The van der Waals surface area contributed by atoms with E-state index in [0.29, 0.717) is 0 Å². The standard InChI is InChI=1S/C11H9BrF3NO4/c12-7-5-6(16-9(17)3-4-10(18)19)1-2-8(7)20-11(13,14)15/h1-2,5H,3-4H2,(H,16,17)(H,18,19). The van der Waals surface area contributed by atoms with E-state index in [1.54, 1.807) is 0 Å². The number of amides is 1. The van der Waals surface area contributed by atoms with Gasteiger partial charge in [0.25, 0.3) is 0 Å². The number of hydrogen-bond donors (Lipinski definition) is 2. The molecule has 1 aromatic rings. The number of carbonyl (C=O) groups is 2. The molecule has 0 aliphatic carbocycles. The molecule has 0 unspecified atom stereocenters. The Labute approximate surface area is 119 Å². The Hall–Kier alpha value is -1.77. The Morgan fingerprint density at radius 2 is 1.95 bits per heavy atom. The molecule has 0 spiro atoms. The fraction of sp³-hybridized carbons (Fsp3) is 0.273. The molecule has 1 aromatic carbocycles. The molecular formula is C11H9BrF3NO4. The van der Waals surface area contributed by atoms with Crippen LogP contribution in [-0.2, 0) is 9.59 Å². The van der Waals surface area contributed by atoms with E-state index in [-0.39, 0.29) is 23.0 Å². The maximum atomic E-state index is 12.0. The van der Waals surface area contributed by atoms with Crippen molar-refractivity contribution in [1.29, 1.82) is 0 Å². The van der Waals surface area contributed by atoms with Gasteiger partial charge in [0, 0.05) is 12.1 Å². The van der Waals surface area contributed by atoms with Crippen LogP contribution >= 0.6 is 15.9 Å². The maximum absolute atomic E-state index is 12.0. The lowest BCUT2D eigenvalue weighted by Crippen LogP contribution is -2.17. The summed E-state index contributed by atoms with van der Waals surface area (Å²) in [4.78, 5) is 21.6. The van der Waals surface area contributed by atoms with Gasteiger partial charge in [-0.05, 0) is 34.1 Å². The van der Waals surface area contributed by atoms with Crippen LogP contribution in [0.5, 0.6) is 5.75 Å². The summed E-state index contributed by atoms with van der Waals surface area (Å²) in [5, 5.41) is 10.8. The zero-order valence-corrected chi connectivity index (χ0v) is 11.4. The molecule has 9 heteroatoms. The van der Waals surface area contributed by atoms with E-state index in [1.165, 1.54) is 12.1 Å². The Kier molecular flexibility index (Phi) is 5.37. The van der Waals surface area contributed by atoms with Crippen molar-refractivity contribution in [3.05, 3.63) is 22.7 Å².